The first-order chi connectivity index (χ1) is 14.8. The highest BCUT2D eigenvalue weighted by molar-refractivity contribution is 5.93. The quantitative estimate of drug-likeness (QED) is 0.551. The maximum absolute atomic E-state index is 11.4. The number of nitrogens with zero attached hydrogens (tertiary/aromatic N) is 4. The lowest BCUT2D eigenvalue weighted by Crippen LogP contribution is -2.08. The van der Waals surface area contributed by atoms with Crippen LogP contribution in [0.3, 0.4) is 0 Å². The Morgan fingerprint density at radius 3 is 1.74 bits per heavy atom. The van der Waals surface area contributed by atoms with Crippen molar-refractivity contribution in [1.82, 2.24) is 0 Å². The number of benzene rings is 3. The van der Waals surface area contributed by atoms with Crippen molar-refractivity contribution in [3.8, 4) is 0 Å². The molecule has 0 spiro atoms. The molecule has 0 heterocycles. The van der Waals surface area contributed by atoms with E-state index in [1.165, 1.54) is 12.1 Å². The highest BCUT2D eigenvalue weighted by atomic mass is 16.4. The Bertz CT molecular complexity index is 1130. The molecule has 3 rings (SSSR count). The summed E-state index contributed by atoms with van der Waals surface area (Å²) in [6.45, 7) is 0. The molecule has 6 heteroatoms. The molecule has 6 nitrogen and oxygen atoms in total. The fourth-order valence-corrected chi connectivity index (χ4v) is 2.92. The lowest BCUT2D eigenvalue weighted by molar-refractivity contribution is 0.0697. The van der Waals surface area contributed by atoms with Gasteiger partial charge in [-0.1, -0.05) is 24.3 Å². The van der Waals surface area contributed by atoms with Crippen LogP contribution in [0.2, 0.25) is 0 Å². The van der Waals surface area contributed by atoms with Gasteiger partial charge in [0, 0.05) is 52.0 Å². The minimum absolute atomic E-state index is 0.169. The van der Waals surface area contributed by atoms with Crippen molar-refractivity contribution in [1.29, 1.82) is 0 Å². The zero-order chi connectivity index (χ0) is 22.4. The molecule has 0 atom stereocenters. The molecule has 0 fully saturated rings. The van der Waals surface area contributed by atoms with Gasteiger partial charge in [0.25, 0.3) is 0 Å². The van der Waals surface area contributed by atoms with Crippen molar-refractivity contribution >= 4 is 41.1 Å². The first kappa shape index (κ1) is 21.8. The number of hydrogen-bond donors (Lipinski definition) is 1. The molecule has 0 aromatic heterocycles. The van der Waals surface area contributed by atoms with Gasteiger partial charge in [0.15, 0.2) is 0 Å². The molecule has 0 saturated heterocycles. The number of anilines is 2. The van der Waals surface area contributed by atoms with Gasteiger partial charge in [0.1, 0.15) is 0 Å². The van der Waals surface area contributed by atoms with E-state index < -0.39 is 5.97 Å². The maximum atomic E-state index is 11.4. The van der Waals surface area contributed by atoms with Crippen LogP contribution >= 0.6 is 0 Å². The van der Waals surface area contributed by atoms with Crippen LogP contribution in [-0.2, 0) is 0 Å². The fraction of sp³-hybridized carbons (Fsp3) is 0.160. The molecule has 1 N–H and O–H groups in total. The second kappa shape index (κ2) is 9.71. The molecule has 0 amide bonds. The van der Waals surface area contributed by atoms with Crippen LogP contribution in [0.15, 0.2) is 76.7 Å². The Labute approximate surface area is 182 Å². The number of hydrogen-bond acceptors (Lipinski definition) is 5. The second-order valence-corrected chi connectivity index (χ2v) is 7.50. The van der Waals surface area contributed by atoms with E-state index in [1.807, 2.05) is 86.5 Å². The van der Waals surface area contributed by atoms with Crippen LogP contribution in [-0.4, -0.2) is 51.7 Å². The van der Waals surface area contributed by atoms with Crippen LogP contribution in [0.1, 0.15) is 21.5 Å². The van der Waals surface area contributed by atoms with Gasteiger partial charge in [-0.3, -0.25) is 9.98 Å². The average molecular weight is 415 g/mol. The Morgan fingerprint density at radius 1 is 0.742 bits per heavy atom. The van der Waals surface area contributed by atoms with Gasteiger partial charge in [-0.05, 0) is 53.6 Å². The van der Waals surface area contributed by atoms with Crippen LogP contribution in [0.4, 0.5) is 22.7 Å². The summed E-state index contributed by atoms with van der Waals surface area (Å²) in [5.74, 6) is -1.000. The van der Waals surface area contributed by atoms with E-state index in [0.29, 0.717) is 11.4 Å². The predicted octanol–water partition coefficient (Wildman–Crippen LogP) is 5.02. The monoisotopic (exact) mass is 414 g/mol. The normalized spacial score (nSPS) is 11.2. The summed E-state index contributed by atoms with van der Waals surface area (Å²) in [6, 6.07) is 20.7. The first-order valence-corrected chi connectivity index (χ1v) is 9.84. The Kier molecular flexibility index (Phi) is 6.82. The van der Waals surface area contributed by atoms with Crippen LogP contribution in [0.5, 0.6) is 0 Å². The summed E-state index contributed by atoms with van der Waals surface area (Å²) < 4.78 is 0. The molecule has 0 saturated carbocycles. The summed E-state index contributed by atoms with van der Waals surface area (Å²) >= 11 is 0. The second-order valence-electron chi connectivity index (χ2n) is 7.50. The van der Waals surface area contributed by atoms with Crippen molar-refractivity contribution in [2.24, 2.45) is 9.98 Å². The highest BCUT2D eigenvalue weighted by Crippen LogP contribution is 2.29. The highest BCUT2D eigenvalue weighted by Gasteiger charge is 2.07. The summed E-state index contributed by atoms with van der Waals surface area (Å²) in [7, 11) is 7.92. The lowest BCUT2D eigenvalue weighted by Gasteiger charge is -2.12. The van der Waals surface area contributed by atoms with Crippen LogP contribution in [0.25, 0.3) is 0 Å². The predicted molar refractivity (Wildman–Crippen MR) is 129 cm³/mol. The van der Waals surface area contributed by atoms with Crippen molar-refractivity contribution < 1.29 is 9.90 Å². The Morgan fingerprint density at radius 2 is 1.26 bits per heavy atom. The number of rotatable bonds is 7. The SMILES string of the molecule is CN(C)c1cccc(C=Nc2ccc(C(=O)O)cc2N=Cc2cccc(N(C)C)c2)c1. The number of aromatic carboxylic acids is 1. The number of carboxylic acids is 1. The van der Waals surface area contributed by atoms with E-state index in [0.717, 1.165) is 22.5 Å². The molecule has 0 aliphatic rings. The Balaban J connectivity index is 1.95. The van der Waals surface area contributed by atoms with Gasteiger partial charge in [-0.25, -0.2) is 4.79 Å². The van der Waals surface area contributed by atoms with Gasteiger partial charge >= 0.3 is 5.97 Å². The lowest BCUT2D eigenvalue weighted by atomic mass is 10.1. The van der Waals surface area contributed by atoms with Crippen molar-refractivity contribution in [3.63, 3.8) is 0 Å². The van der Waals surface area contributed by atoms with E-state index in [2.05, 4.69) is 9.98 Å². The van der Waals surface area contributed by atoms with Crippen molar-refractivity contribution in [2.75, 3.05) is 38.0 Å². The molecule has 3 aromatic carbocycles. The van der Waals surface area contributed by atoms with E-state index in [-0.39, 0.29) is 5.56 Å². The minimum Gasteiger partial charge on any atom is -0.478 e. The average Bonchev–Trinajstić information content (AvgIpc) is 2.76. The zero-order valence-corrected chi connectivity index (χ0v) is 18.1. The van der Waals surface area contributed by atoms with E-state index in [1.54, 1.807) is 18.5 Å². The maximum Gasteiger partial charge on any atom is 0.335 e. The third kappa shape index (κ3) is 5.79. The first-order valence-electron chi connectivity index (χ1n) is 9.84. The zero-order valence-electron chi connectivity index (χ0n) is 18.1. The summed E-state index contributed by atoms with van der Waals surface area (Å²) in [4.78, 5) is 24.6. The molecule has 0 aliphatic heterocycles. The molecule has 0 radical (unpaired) electrons. The molecular formula is C25H26N4O2. The van der Waals surface area contributed by atoms with Gasteiger partial charge in [0.05, 0.1) is 16.9 Å². The smallest absolute Gasteiger partial charge is 0.335 e. The molecule has 158 valence electrons. The topological polar surface area (TPSA) is 68.5 Å². The fourth-order valence-electron chi connectivity index (χ4n) is 2.92. The molecule has 0 unspecified atom stereocenters. The van der Waals surface area contributed by atoms with E-state index >= 15 is 0 Å². The third-order valence-corrected chi connectivity index (χ3v) is 4.70. The molecular weight excluding hydrogens is 388 g/mol. The Hall–Kier alpha value is -3.93. The van der Waals surface area contributed by atoms with Crippen LogP contribution in [0, 0.1) is 0 Å². The summed E-state index contributed by atoms with van der Waals surface area (Å²) in [6.07, 6.45) is 3.48. The van der Waals surface area contributed by atoms with Gasteiger partial charge in [-0.2, -0.15) is 0 Å². The van der Waals surface area contributed by atoms with E-state index in [9.17, 15) is 9.90 Å². The largest absolute Gasteiger partial charge is 0.478 e. The molecule has 0 bridgehead atoms. The molecule has 31 heavy (non-hydrogen) atoms. The molecule has 3 aromatic rings. The number of carboxylic acid groups (broad SMARTS) is 1. The summed E-state index contributed by atoms with van der Waals surface area (Å²) in [5, 5.41) is 9.37. The number of aliphatic imine (C=N–C) groups is 2. The standard InChI is InChI=1S/C25H26N4O2/c1-28(2)21-9-5-7-18(13-21)16-26-23-12-11-20(25(30)31)15-24(23)27-17-19-8-6-10-22(14-19)29(3)4/h5-17H,1-4H3,(H,30,31). The van der Waals surface area contributed by atoms with Gasteiger partial charge < -0.3 is 14.9 Å². The van der Waals surface area contributed by atoms with Crippen molar-refractivity contribution in [3.05, 3.63) is 83.4 Å². The third-order valence-electron chi connectivity index (χ3n) is 4.70. The summed E-state index contributed by atoms with van der Waals surface area (Å²) in [5.41, 5.74) is 5.26. The molecule has 0 aliphatic carbocycles. The van der Waals surface area contributed by atoms with Gasteiger partial charge in [0.2, 0.25) is 0 Å². The van der Waals surface area contributed by atoms with E-state index in [4.69, 9.17) is 0 Å². The van der Waals surface area contributed by atoms with Gasteiger partial charge in [-0.15, -0.1) is 0 Å². The van der Waals surface area contributed by atoms with Crippen molar-refractivity contribution in [2.45, 2.75) is 0 Å². The van der Waals surface area contributed by atoms with Crippen LogP contribution < -0.4 is 9.80 Å². The number of carbonyl (C=O) groups is 1. The minimum atomic E-state index is -1.000.